The number of carbonyl (C=O) groups is 1. The number of benzene rings is 3. The number of para-hydroxylation sites is 1. The fraction of sp³-hybridized carbons (Fsp3) is 0.214. The number of anilines is 1. The number of aromatic nitrogens is 5. The third-order valence-corrected chi connectivity index (χ3v) is 6.88. The van der Waals surface area contributed by atoms with Crippen LogP contribution in [0.1, 0.15) is 11.1 Å². The topological polar surface area (TPSA) is 88.9 Å². The Balaban J connectivity index is 1.41. The molecule has 3 aromatic carbocycles. The molecule has 10 heteroatoms. The maximum atomic E-state index is 14.2. The van der Waals surface area contributed by atoms with E-state index >= 15 is 0 Å². The van der Waals surface area contributed by atoms with E-state index in [1.165, 1.54) is 12.1 Å². The maximum Gasteiger partial charge on any atom is 0.249 e. The Bertz CT molecular complexity index is 1580. The van der Waals surface area contributed by atoms with E-state index in [4.69, 9.17) is 16.3 Å². The number of halogens is 2. The summed E-state index contributed by atoms with van der Waals surface area (Å²) in [6.45, 7) is 1.45. The number of rotatable bonds is 8. The van der Waals surface area contributed by atoms with E-state index in [0.29, 0.717) is 30.2 Å². The molecule has 1 fully saturated rings. The third-order valence-electron chi connectivity index (χ3n) is 6.66. The zero-order chi connectivity index (χ0) is 26.1. The highest BCUT2D eigenvalue weighted by Gasteiger charge is 2.26. The van der Waals surface area contributed by atoms with Gasteiger partial charge in [0.2, 0.25) is 5.91 Å². The molecular formula is C28H24ClFN6O2. The lowest BCUT2D eigenvalue weighted by Crippen LogP contribution is -2.35. The van der Waals surface area contributed by atoms with Crippen molar-refractivity contribution < 1.29 is 13.9 Å². The minimum Gasteiger partial charge on any atom is -0.381 e. The second kappa shape index (κ2) is 10.4. The minimum absolute atomic E-state index is 0.0299. The summed E-state index contributed by atoms with van der Waals surface area (Å²) in [5.41, 5.74) is 5.63. The van der Waals surface area contributed by atoms with Crippen molar-refractivity contribution in [2.75, 3.05) is 18.1 Å². The molecule has 1 N–H and O–H groups in total. The van der Waals surface area contributed by atoms with Crippen molar-refractivity contribution in [2.24, 2.45) is 5.92 Å². The second-order valence-corrected chi connectivity index (χ2v) is 9.85. The van der Waals surface area contributed by atoms with Gasteiger partial charge >= 0.3 is 0 Å². The van der Waals surface area contributed by atoms with Gasteiger partial charge in [-0.15, -0.1) is 5.10 Å². The zero-order valence-electron chi connectivity index (χ0n) is 20.3. The molecule has 0 unspecified atom stereocenters. The predicted octanol–water partition coefficient (Wildman–Crippen LogP) is 5.04. The van der Waals surface area contributed by atoms with E-state index in [1.54, 1.807) is 28.2 Å². The smallest absolute Gasteiger partial charge is 0.249 e. The van der Waals surface area contributed by atoms with Crippen LogP contribution in [-0.4, -0.2) is 44.1 Å². The van der Waals surface area contributed by atoms with Crippen LogP contribution in [-0.2, 0) is 29.0 Å². The van der Waals surface area contributed by atoms with Gasteiger partial charge in [0.1, 0.15) is 17.9 Å². The van der Waals surface area contributed by atoms with Gasteiger partial charge in [0, 0.05) is 16.6 Å². The quantitative estimate of drug-likeness (QED) is 0.304. The molecule has 0 spiro atoms. The first-order chi connectivity index (χ1) is 18.5. The molecule has 5 aromatic rings. The van der Waals surface area contributed by atoms with E-state index in [0.717, 1.165) is 34.4 Å². The molecule has 1 saturated heterocycles. The number of aromatic amines is 1. The molecule has 0 bridgehead atoms. The zero-order valence-corrected chi connectivity index (χ0v) is 21.1. The average Bonchev–Trinajstić information content (AvgIpc) is 3.55. The summed E-state index contributed by atoms with van der Waals surface area (Å²) < 4.78 is 21.2. The van der Waals surface area contributed by atoms with Gasteiger partial charge in [0.25, 0.3) is 0 Å². The fourth-order valence-electron chi connectivity index (χ4n) is 4.75. The number of nitrogens with zero attached hydrogens (tertiary/aromatic N) is 5. The monoisotopic (exact) mass is 530 g/mol. The lowest BCUT2D eigenvalue weighted by atomic mass is 9.94. The minimum atomic E-state index is -0.455. The number of hydrogen-bond donors (Lipinski definition) is 1. The Morgan fingerprint density at radius 3 is 2.79 bits per heavy atom. The summed E-state index contributed by atoms with van der Waals surface area (Å²) >= 11 is 6.15. The number of carbonyl (C=O) groups excluding carboxylic acids is 1. The number of hydrogen-bond acceptors (Lipinski definition) is 5. The van der Waals surface area contributed by atoms with Gasteiger partial charge < -0.3 is 14.6 Å². The molecule has 3 heterocycles. The van der Waals surface area contributed by atoms with Crippen LogP contribution < -0.4 is 4.90 Å². The Morgan fingerprint density at radius 1 is 1.16 bits per heavy atom. The van der Waals surface area contributed by atoms with Gasteiger partial charge in [0.05, 0.1) is 43.5 Å². The second-order valence-electron chi connectivity index (χ2n) is 9.41. The highest BCUT2D eigenvalue weighted by molar-refractivity contribution is 6.30. The average molecular weight is 531 g/mol. The maximum absolute atomic E-state index is 14.2. The normalized spacial score (nSPS) is 13.5. The van der Waals surface area contributed by atoms with Crippen LogP contribution in [0.4, 0.5) is 10.1 Å². The van der Waals surface area contributed by atoms with Gasteiger partial charge in [-0.05, 0) is 65.6 Å². The van der Waals surface area contributed by atoms with Crippen LogP contribution in [0, 0.1) is 11.7 Å². The van der Waals surface area contributed by atoms with Gasteiger partial charge in [-0.1, -0.05) is 35.0 Å². The number of H-pyrrole nitrogens is 1. The van der Waals surface area contributed by atoms with E-state index in [9.17, 15) is 9.18 Å². The van der Waals surface area contributed by atoms with Crippen molar-refractivity contribution in [3.8, 4) is 11.3 Å². The van der Waals surface area contributed by atoms with Gasteiger partial charge in [-0.25, -0.2) is 14.1 Å². The van der Waals surface area contributed by atoms with Crippen LogP contribution >= 0.6 is 11.6 Å². The molecule has 192 valence electrons. The summed E-state index contributed by atoms with van der Waals surface area (Å²) in [5, 5.41) is 8.65. The molecule has 0 radical (unpaired) electrons. The molecule has 0 atom stereocenters. The van der Waals surface area contributed by atoms with Crippen LogP contribution in [0.3, 0.4) is 0 Å². The molecule has 8 nitrogen and oxygen atoms in total. The molecular weight excluding hydrogens is 507 g/mol. The molecule has 6 rings (SSSR count). The number of ether oxygens (including phenoxy) is 1. The Hall–Kier alpha value is -4.08. The third kappa shape index (κ3) is 5.03. The van der Waals surface area contributed by atoms with Crippen LogP contribution in [0.2, 0.25) is 5.02 Å². The fourth-order valence-corrected chi connectivity index (χ4v) is 4.99. The molecule has 1 aliphatic heterocycles. The summed E-state index contributed by atoms with van der Waals surface area (Å²) in [4.78, 5) is 22.9. The highest BCUT2D eigenvalue weighted by atomic mass is 35.5. The SMILES string of the molecule is O=C(Cn1nnc2ccccc21)N(Cc1cc(F)cc(Cl)c1)c1ccc(-c2cnc[nH]2)cc1CC1COC1. The Labute approximate surface area is 223 Å². The van der Waals surface area contributed by atoms with Gasteiger partial charge in [-0.2, -0.15) is 0 Å². The predicted molar refractivity (Wildman–Crippen MR) is 142 cm³/mol. The van der Waals surface area contributed by atoms with Gasteiger partial charge in [0.15, 0.2) is 0 Å². The summed E-state index contributed by atoms with van der Waals surface area (Å²) in [5.74, 6) is -0.310. The first-order valence-electron chi connectivity index (χ1n) is 12.3. The van der Waals surface area contributed by atoms with Crippen molar-refractivity contribution in [3.63, 3.8) is 0 Å². The van der Waals surface area contributed by atoms with Crippen molar-refractivity contribution >= 4 is 34.2 Å². The lowest BCUT2D eigenvalue weighted by molar-refractivity contribution is -0.119. The van der Waals surface area contributed by atoms with E-state index in [-0.39, 0.29) is 24.0 Å². The van der Waals surface area contributed by atoms with Crippen LogP contribution in [0.5, 0.6) is 0 Å². The molecule has 1 amide bonds. The Kier molecular flexibility index (Phi) is 6.61. The number of fused-ring (bicyclic) bond motifs is 1. The van der Waals surface area contributed by atoms with Gasteiger partial charge in [-0.3, -0.25) is 4.79 Å². The number of imidazole rings is 1. The Morgan fingerprint density at radius 2 is 2.03 bits per heavy atom. The molecule has 38 heavy (non-hydrogen) atoms. The van der Waals surface area contributed by atoms with Crippen molar-refractivity contribution in [2.45, 2.75) is 19.5 Å². The van der Waals surface area contributed by atoms with Crippen LogP contribution in [0.15, 0.2) is 73.2 Å². The number of amides is 1. The van der Waals surface area contributed by atoms with Crippen molar-refractivity contribution in [3.05, 3.63) is 95.2 Å². The van der Waals surface area contributed by atoms with Crippen LogP contribution in [0.25, 0.3) is 22.3 Å². The first-order valence-corrected chi connectivity index (χ1v) is 12.6. The summed E-state index contributed by atoms with van der Waals surface area (Å²) in [6, 6.07) is 17.8. The highest BCUT2D eigenvalue weighted by Crippen LogP contribution is 2.32. The van der Waals surface area contributed by atoms with Crippen molar-refractivity contribution in [1.29, 1.82) is 0 Å². The van der Waals surface area contributed by atoms with E-state index in [1.807, 2.05) is 36.4 Å². The van der Waals surface area contributed by atoms with E-state index < -0.39 is 5.82 Å². The first kappa shape index (κ1) is 24.3. The van der Waals surface area contributed by atoms with E-state index in [2.05, 4.69) is 26.3 Å². The lowest BCUT2D eigenvalue weighted by Gasteiger charge is -2.30. The molecule has 1 aliphatic rings. The molecule has 2 aromatic heterocycles. The summed E-state index contributed by atoms with van der Waals surface area (Å²) in [7, 11) is 0. The standard InChI is InChI=1S/C28H24ClFN6O2/c29-22-8-18(9-23(30)11-22)13-35(28(37)14-36-27-4-2-1-3-24(27)33-34-36)26-6-5-20(25-12-31-17-32-25)10-21(26)7-19-15-38-16-19/h1-6,8-12,17,19H,7,13-16H2,(H,31,32). The summed E-state index contributed by atoms with van der Waals surface area (Å²) in [6.07, 6.45) is 4.13. The molecule has 0 saturated carbocycles. The molecule has 0 aliphatic carbocycles. The van der Waals surface area contributed by atoms with Crippen molar-refractivity contribution in [1.82, 2.24) is 25.0 Å². The number of nitrogens with one attached hydrogen (secondary N) is 1. The largest absolute Gasteiger partial charge is 0.381 e.